The van der Waals surface area contributed by atoms with Gasteiger partial charge in [0.2, 0.25) is 17.7 Å². The largest absolute Gasteiger partial charge is 0.472 e. The Morgan fingerprint density at radius 3 is 2.85 bits per heavy atom. The van der Waals surface area contributed by atoms with Crippen LogP contribution in [0, 0.1) is 0 Å². The summed E-state index contributed by atoms with van der Waals surface area (Å²) in [6.45, 7) is 1.90. The van der Waals surface area contributed by atoms with Crippen molar-refractivity contribution in [3.63, 3.8) is 0 Å². The van der Waals surface area contributed by atoms with Gasteiger partial charge in [0.1, 0.15) is 12.7 Å². The van der Waals surface area contributed by atoms with Crippen LogP contribution in [0.2, 0.25) is 10.0 Å². The van der Waals surface area contributed by atoms with Gasteiger partial charge in [-0.3, -0.25) is 14.7 Å². The van der Waals surface area contributed by atoms with E-state index in [1.165, 1.54) is 12.4 Å². The maximum absolute atomic E-state index is 11.0. The summed E-state index contributed by atoms with van der Waals surface area (Å²) in [7, 11) is 0. The maximum Gasteiger partial charge on any atom is 0.235 e. The van der Waals surface area contributed by atoms with Crippen LogP contribution < -0.4 is 15.2 Å². The molecule has 0 radical (unpaired) electrons. The molecule has 1 unspecified atom stereocenters. The lowest BCUT2D eigenvalue weighted by Crippen LogP contribution is -2.33. The Morgan fingerprint density at radius 2 is 2.08 bits per heavy atom. The van der Waals surface area contributed by atoms with Crippen LogP contribution in [0.1, 0.15) is 12.0 Å². The molecule has 1 saturated heterocycles. The van der Waals surface area contributed by atoms with Gasteiger partial charge in [0.25, 0.3) is 0 Å². The second-order valence-electron chi connectivity index (χ2n) is 5.96. The highest BCUT2D eigenvalue weighted by atomic mass is 35.5. The van der Waals surface area contributed by atoms with Crippen molar-refractivity contribution in [1.29, 1.82) is 0 Å². The van der Waals surface area contributed by atoms with Gasteiger partial charge in [0, 0.05) is 13.1 Å². The molecule has 1 aliphatic heterocycles. The quantitative estimate of drug-likeness (QED) is 0.771. The molecule has 9 heteroatoms. The van der Waals surface area contributed by atoms with Gasteiger partial charge in [-0.2, -0.15) is 4.98 Å². The second-order valence-corrected chi connectivity index (χ2v) is 6.78. The number of rotatable bonds is 7. The molecule has 0 aliphatic carbocycles. The Balaban J connectivity index is 1.55. The van der Waals surface area contributed by atoms with Gasteiger partial charge < -0.3 is 15.2 Å². The number of ether oxygens (including phenoxy) is 2. The smallest absolute Gasteiger partial charge is 0.235 e. The van der Waals surface area contributed by atoms with Crippen LogP contribution in [-0.4, -0.2) is 46.5 Å². The highest BCUT2D eigenvalue weighted by Gasteiger charge is 2.25. The number of carbonyl (C=O) groups excluding carboxylic acids is 1. The maximum atomic E-state index is 11.0. The van der Waals surface area contributed by atoms with Gasteiger partial charge in [-0.15, -0.1) is 0 Å². The van der Waals surface area contributed by atoms with Crippen molar-refractivity contribution in [1.82, 2.24) is 14.9 Å². The number of primary amides is 1. The Bertz CT molecular complexity index is 790. The summed E-state index contributed by atoms with van der Waals surface area (Å²) in [5.74, 6) is 0.381. The van der Waals surface area contributed by atoms with Crippen molar-refractivity contribution in [2.24, 2.45) is 5.73 Å². The van der Waals surface area contributed by atoms with E-state index in [9.17, 15) is 4.79 Å². The second kappa shape index (κ2) is 8.53. The van der Waals surface area contributed by atoms with E-state index in [1.807, 2.05) is 11.0 Å². The van der Waals surface area contributed by atoms with Crippen molar-refractivity contribution in [3.05, 3.63) is 46.2 Å². The van der Waals surface area contributed by atoms with Crippen molar-refractivity contribution >= 4 is 29.1 Å². The van der Waals surface area contributed by atoms with Crippen molar-refractivity contribution in [2.75, 3.05) is 19.6 Å². The number of benzene rings is 1. The van der Waals surface area contributed by atoms with Crippen LogP contribution in [0.3, 0.4) is 0 Å². The lowest BCUT2D eigenvalue weighted by atomic mass is 10.2. The Kier molecular flexibility index (Phi) is 6.13. The third-order valence-electron chi connectivity index (χ3n) is 3.86. The third kappa shape index (κ3) is 5.20. The molecule has 3 rings (SSSR count). The summed E-state index contributed by atoms with van der Waals surface area (Å²) < 4.78 is 11.5. The van der Waals surface area contributed by atoms with Crippen LogP contribution in [0.4, 0.5) is 0 Å². The molecular formula is C17H18Cl2N4O3. The number of amides is 1. The molecule has 0 saturated carbocycles. The monoisotopic (exact) mass is 396 g/mol. The number of nitrogens with zero attached hydrogens (tertiary/aromatic N) is 3. The topological polar surface area (TPSA) is 90.6 Å². The standard InChI is InChI=1S/C17H18Cl2N4O3/c18-13-2-1-11(5-14(13)19)10-25-16-6-21-7-17(22-16)26-12-3-4-23(8-12)9-15(20)24/h1-2,5-7,12H,3-4,8-10H2,(H2,20,24). The first-order chi connectivity index (χ1) is 12.5. The van der Waals surface area contributed by atoms with Crippen LogP contribution >= 0.6 is 23.2 Å². The third-order valence-corrected chi connectivity index (χ3v) is 4.60. The Hall–Kier alpha value is -2.09. The molecule has 1 amide bonds. The molecule has 1 aromatic heterocycles. The van der Waals surface area contributed by atoms with E-state index in [2.05, 4.69) is 9.97 Å². The summed E-state index contributed by atoms with van der Waals surface area (Å²) >= 11 is 11.9. The molecule has 138 valence electrons. The number of likely N-dealkylation sites (tertiary alicyclic amines) is 1. The average molecular weight is 397 g/mol. The Labute approximate surface area is 161 Å². The van der Waals surface area contributed by atoms with Gasteiger partial charge in [-0.1, -0.05) is 29.3 Å². The fourth-order valence-electron chi connectivity index (χ4n) is 2.67. The number of hydrogen-bond donors (Lipinski definition) is 1. The molecule has 2 heterocycles. The molecular weight excluding hydrogens is 379 g/mol. The van der Waals surface area contributed by atoms with Crippen LogP contribution in [0.15, 0.2) is 30.6 Å². The average Bonchev–Trinajstić information content (AvgIpc) is 3.02. The minimum atomic E-state index is -0.344. The first-order valence-electron chi connectivity index (χ1n) is 8.05. The molecule has 0 bridgehead atoms. The Morgan fingerprint density at radius 1 is 1.27 bits per heavy atom. The summed E-state index contributed by atoms with van der Waals surface area (Å²) in [6, 6.07) is 5.28. The summed E-state index contributed by atoms with van der Waals surface area (Å²) in [6.07, 6.45) is 3.78. The SMILES string of the molecule is NC(=O)CN1CCC(Oc2cncc(OCc3ccc(Cl)c(Cl)c3)n2)C1. The molecule has 1 aromatic carbocycles. The number of hydrogen-bond acceptors (Lipinski definition) is 6. The zero-order valence-corrected chi connectivity index (χ0v) is 15.4. The number of halogens is 2. The predicted molar refractivity (Wildman–Crippen MR) is 97.5 cm³/mol. The predicted octanol–water partition coefficient (Wildman–Crippen LogP) is 2.30. The highest BCUT2D eigenvalue weighted by molar-refractivity contribution is 6.42. The van der Waals surface area contributed by atoms with E-state index in [0.717, 1.165) is 18.5 Å². The fraction of sp³-hybridized carbons (Fsp3) is 0.353. The van der Waals surface area contributed by atoms with Crippen molar-refractivity contribution in [2.45, 2.75) is 19.1 Å². The summed E-state index contributed by atoms with van der Waals surface area (Å²) in [4.78, 5) is 21.3. The minimum Gasteiger partial charge on any atom is -0.472 e. The van der Waals surface area contributed by atoms with Crippen molar-refractivity contribution < 1.29 is 14.3 Å². The first kappa shape index (κ1) is 18.7. The van der Waals surface area contributed by atoms with Crippen molar-refractivity contribution in [3.8, 4) is 11.8 Å². The van der Waals surface area contributed by atoms with E-state index in [-0.39, 0.29) is 25.2 Å². The normalized spacial score (nSPS) is 17.2. The lowest BCUT2D eigenvalue weighted by molar-refractivity contribution is -0.118. The zero-order chi connectivity index (χ0) is 18.5. The molecule has 2 N–H and O–H groups in total. The lowest BCUT2D eigenvalue weighted by Gasteiger charge is -2.15. The number of carbonyl (C=O) groups is 1. The molecule has 1 atom stereocenters. The molecule has 1 aliphatic rings. The molecule has 1 fully saturated rings. The number of aromatic nitrogens is 2. The van der Waals surface area contributed by atoms with E-state index in [4.69, 9.17) is 38.4 Å². The molecule has 7 nitrogen and oxygen atoms in total. The fourth-order valence-corrected chi connectivity index (χ4v) is 2.99. The van der Waals surface area contributed by atoms with Gasteiger partial charge in [0.15, 0.2) is 0 Å². The van der Waals surface area contributed by atoms with Crippen LogP contribution in [-0.2, 0) is 11.4 Å². The van der Waals surface area contributed by atoms with Crippen LogP contribution in [0.25, 0.3) is 0 Å². The van der Waals surface area contributed by atoms with Gasteiger partial charge in [0.05, 0.1) is 29.0 Å². The number of nitrogens with two attached hydrogens (primary N) is 1. The van der Waals surface area contributed by atoms with Gasteiger partial charge >= 0.3 is 0 Å². The summed E-state index contributed by atoms with van der Waals surface area (Å²) in [5.41, 5.74) is 6.08. The first-order valence-corrected chi connectivity index (χ1v) is 8.81. The minimum absolute atomic E-state index is 0.0611. The van der Waals surface area contributed by atoms with E-state index >= 15 is 0 Å². The van der Waals surface area contributed by atoms with E-state index in [1.54, 1.807) is 12.1 Å². The molecule has 26 heavy (non-hydrogen) atoms. The van der Waals surface area contributed by atoms with Gasteiger partial charge in [-0.05, 0) is 24.1 Å². The van der Waals surface area contributed by atoms with E-state index < -0.39 is 0 Å². The summed E-state index contributed by atoms with van der Waals surface area (Å²) in [5, 5.41) is 0.963. The molecule has 0 spiro atoms. The van der Waals surface area contributed by atoms with Crippen LogP contribution in [0.5, 0.6) is 11.8 Å². The molecule has 2 aromatic rings. The van der Waals surface area contributed by atoms with Gasteiger partial charge in [-0.25, -0.2) is 0 Å². The zero-order valence-electron chi connectivity index (χ0n) is 13.9. The highest BCUT2D eigenvalue weighted by Crippen LogP contribution is 2.23. The van der Waals surface area contributed by atoms with E-state index in [0.29, 0.717) is 28.3 Å².